The van der Waals surface area contributed by atoms with Crippen molar-refractivity contribution in [3.8, 4) is 0 Å². The molecular weight excluding hydrogens is 262 g/mol. The van der Waals surface area contributed by atoms with Crippen LogP contribution in [0.1, 0.15) is 17.5 Å². The predicted molar refractivity (Wildman–Crippen MR) is 70.0 cm³/mol. The van der Waals surface area contributed by atoms with E-state index in [9.17, 15) is 10.2 Å². The van der Waals surface area contributed by atoms with Gasteiger partial charge in [0, 0.05) is 11.6 Å². The Morgan fingerprint density at radius 1 is 1.25 bits per heavy atom. The second-order valence-corrected chi connectivity index (χ2v) is 5.11. The van der Waals surface area contributed by atoms with Crippen LogP contribution in [-0.4, -0.2) is 54.8 Å². The van der Waals surface area contributed by atoms with Crippen molar-refractivity contribution < 1.29 is 20.1 Å². The fourth-order valence-corrected chi connectivity index (χ4v) is 2.76. The molecule has 0 amide bonds. The van der Waals surface area contributed by atoms with E-state index in [-0.39, 0.29) is 6.61 Å². The van der Waals surface area contributed by atoms with Gasteiger partial charge < -0.3 is 24.6 Å². The molecule has 20 heavy (non-hydrogen) atoms. The third-order valence-electron chi connectivity index (χ3n) is 3.78. The average Bonchev–Trinajstić information content (AvgIpc) is 2.90. The average molecular weight is 279 g/mol. The number of fused-ring (bicyclic) bond motifs is 1. The van der Waals surface area contributed by atoms with Gasteiger partial charge in [-0.2, -0.15) is 0 Å². The lowest BCUT2D eigenvalue weighted by molar-refractivity contribution is -0.0509. The Morgan fingerprint density at radius 3 is 2.65 bits per heavy atom. The van der Waals surface area contributed by atoms with E-state index in [2.05, 4.69) is 9.97 Å². The van der Waals surface area contributed by atoms with Crippen molar-refractivity contribution in [2.45, 2.75) is 38.4 Å². The molecule has 7 heteroatoms. The van der Waals surface area contributed by atoms with Crippen molar-refractivity contribution in [1.82, 2.24) is 14.5 Å². The fraction of sp³-hybridized carbons (Fsp3) is 0.538. The van der Waals surface area contributed by atoms with Crippen LogP contribution in [-0.2, 0) is 4.74 Å². The van der Waals surface area contributed by atoms with Gasteiger partial charge in [-0.15, -0.1) is 0 Å². The lowest BCUT2D eigenvalue weighted by atomic mass is 10.1. The molecule has 2 aromatic heterocycles. The van der Waals surface area contributed by atoms with E-state index in [1.54, 1.807) is 4.57 Å². The van der Waals surface area contributed by atoms with Crippen LogP contribution < -0.4 is 0 Å². The summed E-state index contributed by atoms with van der Waals surface area (Å²) >= 11 is 0. The second kappa shape index (κ2) is 4.78. The van der Waals surface area contributed by atoms with E-state index in [0.29, 0.717) is 5.65 Å². The first-order chi connectivity index (χ1) is 9.54. The molecular formula is C13H17N3O4. The number of aliphatic hydroxyl groups is 3. The Balaban J connectivity index is 2.10. The largest absolute Gasteiger partial charge is 0.394 e. The van der Waals surface area contributed by atoms with Crippen LogP contribution in [0.25, 0.3) is 11.0 Å². The van der Waals surface area contributed by atoms with Gasteiger partial charge in [-0.1, -0.05) is 0 Å². The number of aliphatic hydroxyl groups excluding tert-OH is 3. The maximum Gasteiger partial charge on any atom is 0.164 e. The molecule has 2 aromatic rings. The summed E-state index contributed by atoms with van der Waals surface area (Å²) in [5.41, 5.74) is 2.46. The monoisotopic (exact) mass is 279 g/mol. The summed E-state index contributed by atoms with van der Waals surface area (Å²) in [6.45, 7) is 3.47. The maximum absolute atomic E-state index is 10.1. The van der Waals surface area contributed by atoms with E-state index in [0.717, 1.165) is 16.6 Å². The molecule has 3 N–H and O–H groups in total. The van der Waals surface area contributed by atoms with Gasteiger partial charge in [-0.05, 0) is 19.4 Å². The van der Waals surface area contributed by atoms with E-state index in [1.165, 1.54) is 6.33 Å². The zero-order valence-electron chi connectivity index (χ0n) is 11.3. The van der Waals surface area contributed by atoms with E-state index >= 15 is 0 Å². The molecule has 0 aliphatic carbocycles. The molecule has 0 radical (unpaired) electrons. The molecule has 3 rings (SSSR count). The van der Waals surface area contributed by atoms with Crippen LogP contribution in [0.3, 0.4) is 0 Å². The zero-order valence-corrected chi connectivity index (χ0v) is 11.3. The number of rotatable bonds is 2. The molecule has 0 saturated carbocycles. The molecule has 0 aromatic carbocycles. The summed E-state index contributed by atoms with van der Waals surface area (Å²) in [4.78, 5) is 8.39. The van der Waals surface area contributed by atoms with Gasteiger partial charge in [-0.3, -0.25) is 0 Å². The number of hydrogen-bond acceptors (Lipinski definition) is 6. The third-order valence-corrected chi connectivity index (χ3v) is 3.78. The summed E-state index contributed by atoms with van der Waals surface area (Å²) in [6, 6.07) is 0. The van der Waals surface area contributed by atoms with Crippen LogP contribution in [0.2, 0.25) is 0 Å². The third kappa shape index (κ3) is 1.82. The van der Waals surface area contributed by atoms with E-state index < -0.39 is 24.5 Å². The lowest BCUT2D eigenvalue weighted by Gasteiger charge is -2.17. The minimum atomic E-state index is -1.12. The number of aryl methyl sites for hydroxylation is 2. The Labute approximate surface area is 115 Å². The fourth-order valence-electron chi connectivity index (χ4n) is 2.76. The van der Waals surface area contributed by atoms with Crippen LogP contribution in [0.4, 0.5) is 0 Å². The van der Waals surface area contributed by atoms with Gasteiger partial charge >= 0.3 is 0 Å². The number of ether oxygens (including phenoxy) is 1. The Hall–Kier alpha value is -1.54. The van der Waals surface area contributed by atoms with Gasteiger partial charge in [0.2, 0.25) is 0 Å². The van der Waals surface area contributed by atoms with Gasteiger partial charge in [0.05, 0.1) is 12.3 Å². The van der Waals surface area contributed by atoms with E-state index in [4.69, 9.17) is 9.84 Å². The highest BCUT2D eigenvalue weighted by Crippen LogP contribution is 2.33. The van der Waals surface area contributed by atoms with E-state index in [1.807, 2.05) is 20.0 Å². The number of aromatic nitrogens is 3. The van der Waals surface area contributed by atoms with Crippen molar-refractivity contribution in [2.75, 3.05) is 6.61 Å². The zero-order chi connectivity index (χ0) is 14.4. The van der Waals surface area contributed by atoms with Gasteiger partial charge in [-0.25, -0.2) is 9.97 Å². The topological polar surface area (TPSA) is 101 Å². The number of hydrogen-bond donors (Lipinski definition) is 3. The van der Waals surface area contributed by atoms with Crippen molar-refractivity contribution in [3.05, 3.63) is 23.8 Å². The molecule has 1 aliphatic heterocycles. The normalized spacial score (nSPS) is 30.2. The highest BCUT2D eigenvalue weighted by atomic mass is 16.6. The molecule has 108 valence electrons. The standard InChI is InChI=1S/C13H17N3O4/c1-6-3-16(12-9(6)7(2)14-5-15-12)13-11(19)10(18)8(4-17)20-13/h3,5,8,10-11,13,17-19H,4H2,1-2H3/t8-,10-,11?,13-/m1/s1. The first kappa shape index (κ1) is 13.4. The highest BCUT2D eigenvalue weighted by molar-refractivity contribution is 5.82. The molecule has 3 heterocycles. The smallest absolute Gasteiger partial charge is 0.164 e. The molecule has 4 atom stereocenters. The van der Waals surface area contributed by atoms with Crippen molar-refractivity contribution in [1.29, 1.82) is 0 Å². The quantitative estimate of drug-likeness (QED) is 0.695. The predicted octanol–water partition coefficient (Wildman–Crippen LogP) is -0.340. The molecule has 7 nitrogen and oxygen atoms in total. The summed E-state index contributed by atoms with van der Waals surface area (Å²) in [5.74, 6) is 0. The van der Waals surface area contributed by atoms with Crippen LogP contribution in [0.15, 0.2) is 12.5 Å². The summed E-state index contributed by atoms with van der Waals surface area (Å²) in [5, 5.41) is 30.0. The molecule has 1 aliphatic rings. The van der Waals surface area contributed by atoms with Crippen LogP contribution in [0.5, 0.6) is 0 Å². The van der Waals surface area contributed by atoms with Gasteiger partial charge in [0.1, 0.15) is 30.3 Å². The highest BCUT2D eigenvalue weighted by Gasteiger charge is 2.43. The minimum absolute atomic E-state index is 0.346. The Morgan fingerprint density at radius 2 is 2.00 bits per heavy atom. The Bertz CT molecular complexity index is 642. The minimum Gasteiger partial charge on any atom is -0.394 e. The molecule has 1 unspecified atom stereocenters. The molecule has 0 spiro atoms. The summed E-state index contributed by atoms with van der Waals surface area (Å²) in [6.07, 6.45) is -0.534. The van der Waals surface area contributed by atoms with Crippen LogP contribution >= 0.6 is 0 Å². The van der Waals surface area contributed by atoms with Crippen molar-refractivity contribution in [2.24, 2.45) is 0 Å². The second-order valence-electron chi connectivity index (χ2n) is 5.11. The lowest BCUT2D eigenvalue weighted by Crippen LogP contribution is -2.33. The maximum atomic E-state index is 10.1. The van der Waals surface area contributed by atoms with Gasteiger partial charge in [0.15, 0.2) is 6.23 Å². The first-order valence-electron chi connectivity index (χ1n) is 6.45. The number of nitrogens with zero attached hydrogens (tertiary/aromatic N) is 3. The molecule has 1 fully saturated rings. The first-order valence-corrected chi connectivity index (χ1v) is 6.45. The molecule has 0 bridgehead atoms. The van der Waals surface area contributed by atoms with Crippen LogP contribution in [0, 0.1) is 13.8 Å². The SMILES string of the molecule is Cc1cn([C@@H]2O[C@H](CO)[C@@H](O)C2O)c2ncnc(C)c12. The Kier molecular flexibility index (Phi) is 3.21. The summed E-state index contributed by atoms with van der Waals surface area (Å²) < 4.78 is 7.22. The van der Waals surface area contributed by atoms with Crippen molar-refractivity contribution in [3.63, 3.8) is 0 Å². The van der Waals surface area contributed by atoms with Crippen molar-refractivity contribution >= 4 is 11.0 Å². The van der Waals surface area contributed by atoms with Gasteiger partial charge in [0.25, 0.3) is 0 Å². The molecule has 1 saturated heterocycles. The summed E-state index contributed by atoms with van der Waals surface area (Å²) in [7, 11) is 0.